The summed E-state index contributed by atoms with van der Waals surface area (Å²) in [5.74, 6) is 0. The van der Waals surface area contributed by atoms with Gasteiger partial charge in [0.2, 0.25) is 0 Å². The van der Waals surface area contributed by atoms with E-state index in [0.717, 1.165) is 0 Å². The molecule has 0 spiro atoms. The normalized spacial score (nSPS) is 11.2. The monoisotopic (exact) mass is 164 g/mol. The summed E-state index contributed by atoms with van der Waals surface area (Å²) in [4.78, 5) is 0. The van der Waals surface area contributed by atoms with Crippen molar-refractivity contribution in [3.8, 4) is 0 Å². The summed E-state index contributed by atoms with van der Waals surface area (Å²) in [7, 11) is 0. The van der Waals surface area contributed by atoms with Gasteiger partial charge in [-0.3, -0.25) is 0 Å². The van der Waals surface area contributed by atoms with Crippen molar-refractivity contribution in [2.75, 3.05) is 0 Å². The summed E-state index contributed by atoms with van der Waals surface area (Å²) in [6.07, 6.45) is 0. The van der Waals surface area contributed by atoms with Gasteiger partial charge in [-0.2, -0.15) is 0 Å². The third-order valence-corrected chi connectivity index (χ3v) is 0. The van der Waals surface area contributed by atoms with Crippen LogP contribution in [0, 0.1) is 0 Å². The molecule has 0 aliphatic rings. The van der Waals surface area contributed by atoms with E-state index in [4.69, 9.17) is 0 Å². The van der Waals surface area contributed by atoms with Crippen molar-refractivity contribution in [1.82, 2.24) is 0 Å². The predicted molar refractivity (Wildman–Crippen MR) is 3.32 cm³/mol. The van der Waals surface area contributed by atoms with E-state index in [9.17, 15) is 9.07 Å². The van der Waals surface area contributed by atoms with Crippen LogP contribution in [0.15, 0.2) is 0 Å². The van der Waals surface area contributed by atoms with E-state index in [0.29, 0.717) is 0 Å². The van der Waals surface area contributed by atoms with Gasteiger partial charge < -0.3 is 0 Å². The molecule has 0 aromatic rings. The van der Waals surface area contributed by atoms with Gasteiger partial charge in [0, 0.05) is 0 Å². The Hall–Kier alpha value is 0.530. The minimum absolute atomic E-state index is 4.39. The Morgan fingerprint density at radius 1 is 1.00 bits per heavy atom. The van der Waals surface area contributed by atoms with Crippen LogP contribution in [0.25, 0.3) is 0 Å². The Morgan fingerprint density at radius 3 is 1.00 bits per heavy atom. The molecular weight excluding hydrogens is 165 g/mol. The van der Waals surface area contributed by atoms with Crippen LogP contribution in [0.5, 0.6) is 0 Å². The SMILES string of the molecule is [F][Ag-2]([F])[F]. The van der Waals surface area contributed by atoms with E-state index in [-0.39, 0.29) is 0 Å². The topological polar surface area (TPSA) is 0 Å². The van der Waals surface area contributed by atoms with Crippen molar-refractivity contribution >= 4 is 0 Å². The van der Waals surface area contributed by atoms with Gasteiger partial charge in [0.15, 0.2) is 0 Å². The maximum atomic E-state index is 9.77. The summed E-state index contributed by atoms with van der Waals surface area (Å²) in [6.45, 7) is 0. The molecule has 0 bridgehead atoms. The summed E-state index contributed by atoms with van der Waals surface area (Å²) in [6, 6.07) is 0. The van der Waals surface area contributed by atoms with Crippen LogP contribution in [-0.4, -0.2) is 0 Å². The zero-order valence-electron chi connectivity index (χ0n) is 1.44. The van der Waals surface area contributed by atoms with Crippen molar-refractivity contribution in [3.05, 3.63) is 0 Å². The first kappa shape index (κ1) is 4.53. The van der Waals surface area contributed by atoms with E-state index in [1.807, 2.05) is 0 Å². The molecule has 0 unspecified atom stereocenters. The van der Waals surface area contributed by atoms with Gasteiger partial charge in [0.25, 0.3) is 0 Å². The molecule has 0 amide bonds. The molecule has 0 saturated heterocycles. The molecule has 0 nitrogen and oxygen atoms in total. The van der Waals surface area contributed by atoms with E-state index in [1.54, 1.807) is 0 Å². The second-order valence-corrected chi connectivity index (χ2v) is 0.764. The second kappa shape index (κ2) is 1.81. The van der Waals surface area contributed by atoms with Crippen LogP contribution in [0.2, 0.25) is 0 Å². The van der Waals surface area contributed by atoms with Crippen molar-refractivity contribution in [2.24, 2.45) is 0 Å². The van der Waals surface area contributed by atoms with E-state index < -0.39 is 20.1 Å². The van der Waals surface area contributed by atoms with Gasteiger partial charge in [0.05, 0.1) is 0 Å². The first-order valence-corrected chi connectivity index (χ1v) is 2.02. The molecule has 0 rings (SSSR count). The molecule has 4 heavy (non-hydrogen) atoms. The second-order valence-electron chi connectivity index (χ2n) is 0.129. The van der Waals surface area contributed by atoms with E-state index >= 15 is 0 Å². The molecule has 4 heteroatoms. The summed E-state index contributed by atoms with van der Waals surface area (Å²) >= 11 is -4.39. The molecule has 0 heterocycles. The Labute approximate surface area is 29.8 Å². The molecule has 0 atom stereocenters. The Kier molecular flexibility index (Phi) is 2.05. The van der Waals surface area contributed by atoms with Gasteiger partial charge in [-0.05, 0) is 0 Å². The van der Waals surface area contributed by atoms with Crippen molar-refractivity contribution < 1.29 is 29.2 Å². The maximum absolute atomic E-state index is 9.77. The molecule has 0 aromatic carbocycles. The van der Waals surface area contributed by atoms with Crippen molar-refractivity contribution in [1.29, 1.82) is 0 Å². The van der Waals surface area contributed by atoms with Gasteiger partial charge in [-0.1, -0.05) is 0 Å². The Morgan fingerprint density at radius 2 is 1.00 bits per heavy atom. The van der Waals surface area contributed by atoms with Crippen LogP contribution in [0.4, 0.5) is 9.07 Å². The summed E-state index contributed by atoms with van der Waals surface area (Å²) < 4.78 is 29.3. The fourth-order valence-electron chi connectivity index (χ4n) is 0. The van der Waals surface area contributed by atoms with Crippen LogP contribution >= 0.6 is 0 Å². The third kappa shape index (κ3) is 21.1. The molecule has 0 fully saturated rings. The number of hydrogen-bond acceptors (Lipinski definition) is 0. The summed E-state index contributed by atoms with van der Waals surface area (Å²) in [5, 5.41) is 0. The number of halogens is 3. The molecule has 0 radical (unpaired) electrons. The van der Waals surface area contributed by atoms with Gasteiger partial charge >= 0.3 is 29.2 Å². The average molecular weight is 165 g/mol. The molecule has 0 aromatic heterocycles. The molecule has 0 aliphatic carbocycles. The third-order valence-electron chi connectivity index (χ3n) is 0. The van der Waals surface area contributed by atoms with Crippen LogP contribution < -0.4 is 0 Å². The first-order valence-electron chi connectivity index (χ1n) is 0.342. The van der Waals surface area contributed by atoms with Crippen LogP contribution in [0.3, 0.4) is 0 Å². The van der Waals surface area contributed by atoms with Gasteiger partial charge in [-0.25, -0.2) is 0 Å². The van der Waals surface area contributed by atoms with Gasteiger partial charge in [0.1, 0.15) is 0 Å². The van der Waals surface area contributed by atoms with Crippen LogP contribution in [-0.2, 0) is 20.1 Å². The fraction of sp³-hybridized carbons (Fsp3) is 0. The first-order chi connectivity index (χ1) is 1.73. The fourth-order valence-corrected chi connectivity index (χ4v) is 0. The number of hydrogen-bond donors (Lipinski definition) is 0. The molecular formula is AgF3-2. The molecule has 0 aliphatic heterocycles. The van der Waals surface area contributed by atoms with Crippen molar-refractivity contribution in [2.45, 2.75) is 0 Å². The summed E-state index contributed by atoms with van der Waals surface area (Å²) in [5.41, 5.74) is 0. The van der Waals surface area contributed by atoms with Crippen molar-refractivity contribution in [3.63, 3.8) is 0 Å². The Bertz CT molecular complexity index is 8.00. The zero-order chi connectivity index (χ0) is 3.58. The van der Waals surface area contributed by atoms with E-state index in [1.165, 1.54) is 0 Å². The minimum atomic E-state index is -4.39. The predicted octanol–water partition coefficient (Wildman–Crippen LogP) is 1.26. The van der Waals surface area contributed by atoms with Gasteiger partial charge in [-0.15, -0.1) is 0 Å². The quantitative estimate of drug-likeness (QED) is 0.474. The molecule has 34 valence electrons. The molecule has 0 saturated carbocycles. The number of rotatable bonds is 0. The average Bonchev–Trinajstić information content (AvgIpc) is 0.811. The zero-order valence-corrected chi connectivity index (χ0v) is 2.92. The van der Waals surface area contributed by atoms with Crippen LogP contribution in [0.1, 0.15) is 0 Å². The standard InChI is InChI=1S/Ag.3FH/h;3*1H/q+1;;;/p-3. The van der Waals surface area contributed by atoms with E-state index in [2.05, 4.69) is 0 Å². The Balaban J connectivity index is 2.32. The molecule has 0 N–H and O–H groups in total.